The minimum Gasteiger partial charge on any atom is -0.346 e. The van der Waals surface area contributed by atoms with E-state index in [4.69, 9.17) is 0 Å². The minimum atomic E-state index is -4.37. The Balaban J connectivity index is 2.16. The maximum atomic E-state index is 11.8. The molecule has 1 heterocycles. The van der Waals surface area contributed by atoms with Crippen molar-refractivity contribution in [3.05, 3.63) is 20.8 Å². The molecule has 1 aromatic rings. The van der Waals surface area contributed by atoms with Crippen LogP contribution >= 0.6 is 27.3 Å². The molecule has 0 unspecified atom stereocenters. The van der Waals surface area contributed by atoms with Crippen molar-refractivity contribution in [3.8, 4) is 0 Å². The lowest BCUT2D eigenvalue weighted by Crippen LogP contribution is -2.39. The number of rotatable bonds is 5. The molecule has 0 bridgehead atoms. The third-order valence-corrected chi connectivity index (χ3v) is 3.39. The second kappa shape index (κ2) is 6.36. The van der Waals surface area contributed by atoms with Crippen molar-refractivity contribution in [1.29, 1.82) is 0 Å². The van der Waals surface area contributed by atoms with E-state index in [9.17, 15) is 18.0 Å². The third-order valence-electron chi connectivity index (χ3n) is 1.69. The molecule has 0 aromatic carbocycles. The molecule has 1 rings (SSSR count). The predicted octanol–water partition coefficient (Wildman–Crippen LogP) is 2.28. The van der Waals surface area contributed by atoms with Crippen LogP contribution in [-0.4, -0.2) is 25.2 Å². The summed E-state index contributed by atoms with van der Waals surface area (Å²) in [4.78, 5) is 12.0. The van der Waals surface area contributed by atoms with Crippen molar-refractivity contribution in [2.75, 3.05) is 13.1 Å². The fourth-order valence-corrected chi connectivity index (χ4v) is 2.43. The summed E-state index contributed by atoms with van der Waals surface area (Å²) in [7, 11) is 0. The number of hydrogen-bond donors (Lipinski definition) is 2. The molecule has 0 aliphatic carbocycles. The van der Waals surface area contributed by atoms with Gasteiger partial charge in [0.1, 0.15) is 6.54 Å². The van der Waals surface area contributed by atoms with E-state index in [1.807, 2.05) is 11.4 Å². The number of amides is 1. The van der Waals surface area contributed by atoms with Crippen LogP contribution in [0.5, 0.6) is 0 Å². The molecule has 0 aliphatic heterocycles. The van der Waals surface area contributed by atoms with Gasteiger partial charge in [-0.2, -0.15) is 13.2 Å². The van der Waals surface area contributed by atoms with Gasteiger partial charge in [-0.05, 0) is 22.0 Å². The highest BCUT2D eigenvalue weighted by Gasteiger charge is 2.27. The summed E-state index contributed by atoms with van der Waals surface area (Å²) in [6.45, 7) is -0.973. The summed E-state index contributed by atoms with van der Waals surface area (Å²) >= 11 is 4.78. The Morgan fingerprint density at radius 3 is 2.71 bits per heavy atom. The van der Waals surface area contributed by atoms with E-state index in [1.54, 1.807) is 5.32 Å². The van der Waals surface area contributed by atoms with Gasteiger partial charge in [0.05, 0.1) is 6.54 Å². The van der Waals surface area contributed by atoms with Crippen LogP contribution < -0.4 is 10.6 Å². The predicted molar refractivity (Wildman–Crippen MR) is 62.8 cm³/mol. The van der Waals surface area contributed by atoms with Crippen molar-refractivity contribution in [1.82, 2.24) is 10.6 Å². The van der Waals surface area contributed by atoms with Crippen molar-refractivity contribution in [3.63, 3.8) is 0 Å². The van der Waals surface area contributed by atoms with Crippen molar-refractivity contribution < 1.29 is 18.0 Å². The van der Waals surface area contributed by atoms with Crippen molar-refractivity contribution >= 4 is 33.2 Å². The van der Waals surface area contributed by atoms with Crippen LogP contribution in [-0.2, 0) is 11.3 Å². The average Bonchev–Trinajstić information content (AvgIpc) is 2.60. The lowest BCUT2D eigenvalue weighted by atomic mass is 10.4. The van der Waals surface area contributed by atoms with Crippen LogP contribution in [0.25, 0.3) is 0 Å². The maximum Gasteiger partial charge on any atom is 0.405 e. The molecule has 0 aliphatic rings. The molecular weight excluding hydrogens is 321 g/mol. The second-order valence-electron chi connectivity index (χ2n) is 3.23. The normalized spacial score (nSPS) is 11.5. The first kappa shape index (κ1) is 14.5. The number of carbonyl (C=O) groups is 1. The number of carbonyl (C=O) groups excluding carboxylic acids is 1. The standard InChI is InChI=1S/C9H10BrF3N2OS/c10-6-1-7(17-4-6)2-14-3-8(16)15-5-9(11,12)13/h1,4,14H,2-3,5H2,(H,15,16). The Morgan fingerprint density at radius 2 is 2.18 bits per heavy atom. The molecule has 96 valence electrons. The van der Waals surface area contributed by atoms with Crippen LogP contribution in [0, 0.1) is 0 Å². The van der Waals surface area contributed by atoms with Crippen molar-refractivity contribution in [2.24, 2.45) is 0 Å². The van der Waals surface area contributed by atoms with E-state index in [2.05, 4.69) is 21.2 Å². The summed E-state index contributed by atoms with van der Waals surface area (Å²) in [6, 6.07) is 1.88. The number of hydrogen-bond acceptors (Lipinski definition) is 3. The molecule has 0 fully saturated rings. The maximum absolute atomic E-state index is 11.8. The smallest absolute Gasteiger partial charge is 0.346 e. The first-order chi connectivity index (χ1) is 7.87. The molecule has 0 atom stereocenters. The Kier molecular flexibility index (Phi) is 5.41. The first-order valence-corrected chi connectivity index (χ1v) is 6.31. The topological polar surface area (TPSA) is 41.1 Å². The largest absolute Gasteiger partial charge is 0.405 e. The number of nitrogens with one attached hydrogen (secondary N) is 2. The van der Waals surface area contributed by atoms with Gasteiger partial charge in [0.2, 0.25) is 5.91 Å². The van der Waals surface area contributed by atoms with Gasteiger partial charge in [-0.1, -0.05) is 0 Å². The molecule has 1 amide bonds. The highest BCUT2D eigenvalue weighted by Crippen LogP contribution is 2.19. The molecule has 1 aromatic heterocycles. The van der Waals surface area contributed by atoms with Crippen LogP contribution in [0.3, 0.4) is 0 Å². The fraction of sp³-hybridized carbons (Fsp3) is 0.444. The van der Waals surface area contributed by atoms with E-state index in [-0.39, 0.29) is 6.54 Å². The van der Waals surface area contributed by atoms with Crippen LogP contribution in [0.2, 0.25) is 0 Å². The van der Waals surface area contributed by atoms with E-state index < -0.39 is 18.6 Å². The first-order valence-electron chi connectivity index (χ1n) is 4.64. The van der Waals surface area contributed by atoms with Gasteiger partial charge in [0.25, 0.3) is 0 Å². The summed E-state index contributed by atoms with van der Waals surface area (Å²) in [5.41, 5.74) is 0. The Morgan fingerprint density at radius 1 is 1.47 bits per heavy atom. The number of thiophene rings is 1. The molecule has 0 saturated carbocycles. The zero-order valence-corrected chi connectivity index (χ0v) is 11.0. The van der Waals surface area contributed by atoms with Gasteiger partial charge in [-0.25, -0.2) is 0 Å². The molecule has 0 saturated heterocycles. The van der Waals surface area contributed by atoms with Gasteiger partial charge in [0.15, 0.2) is 0 Å². The molecule has 8 heteroatoms. The van der Waals surface area contributed by atoms with Gasteiger partial charge in [-0.15, -0.1) is 11.3 Å². The quantitative estimate of drug-likeness (QED) is 0.869. The monoisotopic (exact) mass is 330 g/mol. The third kappa shape index (κ3) is 6.64. The van der Waals surface area contributed by atoms with Gasteiger partial charge < -0.3 is 10.6 Å². The Hall–Kier alpha value is -0.600. The molecule has 0 spiro atoms. The van der Waals surface area contributed by atoms with E-state index >= 15 is 0 Å². The summed E-state index contributed by atoms with van der Waals surface area (Å²) < 4.78 is 36.2. The van der Waals surface area contributed by atoms with E-state index in [1.165, 1.54) is 11.3 Å². The fourth-order valence-electron chi connectivity index (χ4n) is 1.01. The molecular formula is C9H10BrF3N2OS. The summed E-state index contributed by atoms with van der Waals surface area (Å²) in [6.07, 6.45) is -4.37. The molecule has 17 heavy (non-hydrogen) atoms. The van der Waals surface area contributed by atoms with E-state index in [0.29, 0.717) is 6.54 Å². The van der Waals surface area contributed by atoms with Crippen LogP contribution in [0.15, 0.2) is 15.9 Å². The van der Waals surface area contributed by atoms with Gasteiger partial charge in [-0.3, -0.25) is 4.79 Å². The highest BCUT2D eigenvalue weighted by atomic mass is 79.9. The van der Waals surface area contributed by atoms with E-state index in [0.717, 1.165) is 9.35 Å². The van der Waals surface area contributed by atoms with Crippen molar-refractivity contribution in [2.45, 2.75) is 12.7 Å². The van der Waals surface area contributed by atoms with Gasteiger partial charge >= 0.3 is 6.18 Å². The zero-order chi connectivity index (χ0) is 12.9. The highest BCUT2D eigenvalue weighted by molar-refractivity contribution is 9.10. The lowest BCUT2D eigenvalue weighted by molar-refractivity contribution is -0.137. The Bertz CT molecular complexity index is 381. The molecule has 0 radical (unpaired) electrons. The van der Waals surface area contributed by atoms with Crippen LogP contribution in [0.1, 0.15) is 4.88 Å². The molecule has 2 N–H and O–H groups in total. The number of halogens is 4. The second-order valence-corrected chi connectivity index (χ2v) is 5.14. The Labute approximate surface area is 109 Å². The SMILES string of the molecule is O=C(CNCc1cc(Br)cs1)NCC(F)(F)F. The number of alkyl halides is 3. The summed E-state index contributed by atoms with van der Waals surface area (Å²) in [5.74, 6) is -0.669. The van der Waals surface area contributed by atoms with Gasteiger partial charge in [0, 0.05) is 21.3 Å². The average molecular weight is 331 g/mol. The summed E-state index contributed by atoms with van der Waals surface area (Å²) in [5, 5.41) is 6.43. The zero-order valence-electron chi connectivity index (χ0n) is 8.60. The lowest BCUT2D eigenvalue weighted by Gasteiger charge is -2.08. The minimum absolute atomic E-state index is 0.133. The van der Waals surface area contributed by atoms with Crippen LogP contribution in [0.4, 0.5) is 13.2 Å². The molecule has 3 nitrogen and oxygen atoms in total.